The lowest BCUT2D eigenvalue weighted by atomic mass is 10.9. The Bertz CT molecular complexity index is 1050. The van der Waals surface area contributed by atoms with E-state index >= 15 is 0 Å². The molecule has 2 N–H and O–H groups in total. The third kappa shape index (κ3) is 11.7. The predicted octanol–water partition coefficient (Wildman–Crippen LogP) is 0.843. The van der Waals surface area contributed by atoms with Gasteiger partial charge in [0.05, 0.1) is 6.67 Å². The van der Waals surface area contributed by atoms with Crippen molar-refractivity contribution in [2.45, 2.75) is 22.0 Å². The summed E-state index contributed by atoms with van der Waals surface area (Å²) in [5, 5.41) is 0. The highest BCUT2D eigenvalue weighted by atomic mass is 32.3. The SMILES string of the molecule is CN1C=CN(C)C1.O=S(=O)(NS(=O)(=O)C(F)(F)F)C(F)(F)F.O=S(=O)(NS(=O)(=O)C(F)(F)F)C(F)(F)F. The zero-order valence-electron chi connectivity index (χ0n) is 17.2. The lowest BCUT2D eigenvalue weighted by Crippen LogP contribution is -2.45. The van der Waals surface area contributed by atoms with Crippen LogP contribution in [0.15, 0.2) is 12.4 Å². The number of nitrogens with one attached hydrogen (secondary N) is 2. The molecular formula is C9H12F12N4O8S4. The molecule has 37 heavy (non-hydrogen) atoms. The van der Waals surface area contributed by atoms with Crippen LogP contribution in [0.1, 0.15) is 0 Å². The molecule has 0 saturated carbocycles. The first-order chi connectivity index (χ1) is 15.7. The quantitative estimate of drug-likeness (QED) is 0.413. The number of alkyl halides is 12. The Balaban J connectivity index is 0. The van der Waals surface area contributed by atoms with Crippen LogP contribution in [0.5, 0.6) is 0 Å². The van der Waals surface area contributed by atoms with Crippen molar-refractivity contribution < 1.29 is 86.4 Å². The zero-order chi connectivity index (χ0) is 30.7. The number of hydrogen-bond acceptors (Lipinski definition) is 10. The molecule has 0 radical (unpaired) electrons. The predicted molar refractivity (Wildman–Crippen MR) is 95.7 cm³/mol. The molecule has 0 aromatic rings. The number of hydrogen-bond donors (Lipinski definition) is 2. The van der Waals surface area contributed by atoms with E-state index in [2.05, 4.69) is 36.3 Å². The van der Waals surface area contributed by atoms with E-state index < -0.39 is 70.4 Å². The smallest absolute Gasteiger partial charge is 0.362 e. The molecule has 1 aliphatic heterocycles. The van der Waals surface area contributed by atoms with Gasteiger partial charge in [-0.3, -0.25) is 0 Å². The largest absolute Gasteiger partial charge is 0.512 e. The van der Waals surface area contributed by atoms with Gasteiger partial charge >= 0.3 is 62.1 Å². The summed E-state index contributed by atoms with van der Waals surface area (Å²) in [7, 11) is -22.3. The highest BCUT2D eigenvalue weighted by Crippen LogP contribution is 2.28. The number of rotatable bonds is 4. The van der Waals surface area contributed by atoms with Gasteiger partial charge in [-0.05, 0) is 0 Å². The van der Waals surface area contributed by atoms with Crippen LogP contribution in [0.3, 0.4) is 0 Å². The van der Waals surface area contributed by atoms with Gasteiger partial charge in [0.25, 0.3) is 0 Å². The molecule has 0 unspecified atom stereocenters. The summed E-state index contributed by atoms with van der Waals surface area (Å²) in [6.07, 6.45) is 4.11. The van der Waals surface area contributed by atoms with Gasteiger partial charge in [0.2, 0.25) is 0 Å². The second-order valence-corrected chi connectivity index (χ2v) is 13.1. The molecule has 0 atom stereocenters. The Labute approximate surface area is 200 Å². The van der Waals surface area contributed by atoms with Gasteiger partial charge in [0.1, 0.15) is 0 Å². The lowest BCUT2D eigenvalue weighted by Gasteiger charge is -2.11. The average molecular weight is 660 g/mol. The van der Waals surface area contributed by atoms with E-state index in [1.807, 2.05) is 0 Å². The van der Waals surface area contributed by atoms with Gasteiger partial charge in [0.15, 0.2) is 0 Å². The van der Waals surface area contributed by atoms with Gasteiger partial charge in [-0.1, -0.05) is 8.25 Å². The molecule has 224 valence electrons. The van der Waals surface area contributed by atoms with E-state index in [9.17, 15) is 86.4 Å². The maximum Gasteiger partial charge on any atom is 0.512 e. The molecule has 1 aliphatic rings. The van der Waals surface area contributed by atoms with Crippen molar-refractivity contribution in [3.05, 3.63) is 12.4 Å². The monoisotopic (exact) mass is 660 g/mol. The second kappa shape index (κ2) is 11.5. The minimum atomic E-state index is -6.60. The Hall–Kier alpha value is -1.78. The van der Waals surface area contributed by atoms with Crippen LogP contribution < -0.4 is 8.25 Å². The van der Waals surface area contributed by atoms with Crippen molar-refractivity contribution in [2.75, 3.05) is 20.8 Å². The van der Waals surface area contributed by atoms with E-state index in [4.69, 9.17) is 0 Å². The van der Waals surface area contributed by atoms with Crippen LogP contribution in [0, 0.1) is 0 Å². The molecule has 0 saturated heterocycles. The van der Waals surface area contributed by atoms with Crippen LogP contribution in [0.4, 0.5) is 52.7 Å². The highest BCUT2D eigenvalue weighted by Gasteiger charge is 2.56. The first-order valence-corrected chi connectivity index (χ1v) is 13.5. The normalized spacial score (nSPS) is 16.1. The van der Waals surface area contributed by atoms with E-state index in [-0.39, 0.29) is 0 Å². The number of sulfonamides is 4. The molecule has 0 amide bonds. The molecule has 0 aromatic carbocycles. The molecule has 28 heteroatoms. The van der Waals surface area contributed by atoms with E-state index in [0.717, 1.165) is 6.67 Å². The van der Waals surface area contributed by atoms with Crippen LogP contribution in [0.25, 0.3) is 0 Å². The minimum absolute atomic E-state index is 0.493. The molecule has 0 aliphatic carbocycles. The summed E-state index contributed by atoms with van der Waals surface area (Å²) in [6.45, 7) is 1.03. The Morgan fingerprint density at radius 3 is 0.730 bits per heavy atom. The molecular weight excluding hydrogens is 648 g/mol. The first kappa shape index (κ1) is 37.4. The Morgan fingerprint density at radius 1 is 0.486 bits per heavy atom. The van der Waals surface area contributed by atoms with Gasteiger partial charge < -0.3 is 9.80 Å². The molecule has 0 fully saturated rings. The van der Waals surface area contributed by atoms with Crippen molar-refractivity contribution in [1.29, 1.82) is 0 Å². The van der Waals surface area contributed by atoms with Gasteiger partial charge in [0, 0.05) is 26.5 Å². The zero-order valence-corrected chi connectivity index (χ0v) is 20.5. The van der Waals surface area contributed by atoms with Gasteiger partial charge in [-0.2, -0.15) is 52.7 Å². The topological polar surface area (TPSA) is 167 Å². The van der Waals surface area contributed by atoms with Crippen molar-refractivity contribution in [3.8, 4) is 0 Å². The standard InChI is InChI=1S/C5H10N2.2C2HF6NO4S2/c1-6-3-4-7(2)5-6;2*3-1(4,5)14(10,11)9-15(12,13)2(6,7)8/h3-4H,5H2,1-2H3;2*9H. The van der Waals surface area contributed by atoms with Crippen molar-refractivity contribution in [3.63, 3.8) is 0 Å². The fraction of sp³-hybridized carbons (Fsp3) is 0.778. The van der Waals surface area contributed by atoms with E-state index in [1.54, 1.807) is 0 Å². The lowest BCUT2D eigenvalue weighted by molar-refractivity contribution is -0.0487. The van der Waals surface area contributed by atoms with Gasteiger partial charge in [-0.15, -0.1) is 0 Å². The molecule has 1 heterocycles. The summed E-state index contributed by atoms with van der Waals surface area (Å²) >= 11 is 0. The van der Waals surface area contributed by atoms with Crippen LogP contribution in [0.2, 0.25) is 0 Å². The summed E-state index contributed by atoms with van der Waals surface area (Å²) in [4.78, 5) is 4.25. The third-order valence-electron chi connectivity index (χ3n) is 2.68. The molecule has 0 spiro atoms. The van der Waals surface area contributed by atoms with Crippen LogP contribution >= 0.6 is 0 Å². The fourth-order valence-corrected chi connectivity index (χ4v) is 4.97. The average Bonchev–Trinajstić information content (AvgIpc) is 2.93. The van der Waals surface area contributed by atoms with Crippen molar-refractivity contribution in [1.82, 2.24) is 18.1 Å². The highest BCUT2D eigenvalue weighted by molar-refractivity contribution is 8.06. The van der Waals surface area contributed by atoms with Crippen LogP contribution in [-0.2, 0) is 40.1 Å². The maximum absolute atomic E-state index is 11.5. The minimum Gasteiger partial charge on any atom is -0.362 e. The fourth-order valence-electron chi connectivity index (χ4n) is 1.15. The molecule has 0 aromatic heterocycles. The second-order valence-electron chi connectivity index (χ2n) is 5.92. The Kier molecular flexibility index (Phi) is 11.7. The van der Waals surface area contributed by atoms with Crippen molar-refractivity contribution in [2.24, 2.45) is 0 Å². The molecule has 12 nitrogen and oxygen atoms in total. The Morgan fingerprint density at radius 2 is 0.649 bits per heavy atom. The van der Waals surface area contributed by atoms with E-state index in [1.165, 1.54) is 0 Å². The molecule has 0 bridgehead atoms. The van der Waals surface area contributed by atoms with Crippen molar-refractivity contribution >= 4 is 40.1 Å². The summed E-state index contributed by atoms with van der Waals surface area (Å²) in [6, 6.07) is 0. The molecule has 1 rings (SSSR count). The van der Waals surface area contributed by atoms with Gasteiger partial charge in [-0.25, -0.2) is 33.7 Å². The van der Waals surface area contributed by atoms with Crippen LogP contribution in [-0.4, -0.2) is 86.3 Å². The number of nitrogens with zero attached hydrogens (tertiary/aromatic N) is 2. The summed E-state index contributed by atoms with van der Waals surface area (Å²) in [5.74, 6) is 0. The third-order valence-corrected chi connectivity index (χ3v) is 8.63. The summed E-state index contributed by atoms with van der Waals surface area (Å²) in [5.41, 5.74) is -24.6. The summed E-state index contributed by atoms with van der Waals surface area (Å²) < 4.78 is 217. The number of halogens is 12. The first-order valence-electron chi connectivity index (χ1n) is 7.61. The van der Waals surface area contributed by atoms with E-state index in [0.29, 0.717) is 0 Å². The maximum atomic E-state index is 11.5.